The van der Waals surface area contributed by atoms with Crippen LogP contribution in [0.15, 0.2) is 48.5 Å². The second-order valence-corrected chi connectivity index (χ2v) is 4.19. The summed E-state index contributed by atoms with van der Waals surface area (Å²) >= 11 is 0. The minimum Gasteiger partial charge on any atom is -0.495 e. The van der Waals surface area contributed by atoms with Crippen molar-refractivity contribution in [3.63, 3.8) is 0 Å². The molecule has 4 heteroatoms. The van der Waals surface area contributed by atoms with E-state index in [1.165, 1.54) is 0 Å². The quantitative estimate of drug-likeness (QED) is 0.925. The topological polar surface area (TPSA) is 62.1 Å². The molecule has 0 spiro atoms. The second kappa shape index (κ2) is 6.39. The van der Waals surface area contributed by atoms with Crippen LogP contribution in [-0.2, 0) is 6.42 Å². The molecule has 0 bridgehead atoms. The molecule has 100 valence electrons. The van der Waals surface area contributed by atoms with Crippen LogP contribution in [0.5, 0.6) is 5.75 Å². The summed E-state index contributed by atoms with van der Waals surface area (Å²) in [5, 5.41) is 11.4. The van der Waals surface area contributed by atoms with Crippen LogP contribution in [0.3, 0.4) is 0 Å². The van der Waals surface area contributed by atoms with E-state index in [-0.39, 0.29) is 5.91 Å². The SMILES string of the molecule is COc1ccccc1NC(=O)c1ccc(CC#N)cc1. The van der Waals surface area contributed by atoms with E-state index in [4.69, 9.17) is 10.00 Å². The number of ether oxygens (including phenoxy) is 1. The summed E-state index contributed by atoms with van der Waals surface area (Å²) < 4.78 is 5.18. The minimum absolute atomic E-state index is 0.210. The van der Waals surface area contributed by atoms with Gasteiger partial charge in [-0.1, -0.05) is 24.3 Å². The van der Waals surface area contributed by atoms with Crippen molar-refractivity contribution < 1.29 is 9.53 Å². The Morgan fingerprint density at radius 1 is 1.20 bits per heavy atom. The van der Waals surface area contributed by atoms with Crippen molar-refractivity contribution in [1.82, 2.24) is 0 Å². The lowest BCUT2D eigenvalue weighted by Gasteiger charge is -2.09. The zero-order valence-electron chi connectivity index (χ0n) is 11.1. The molecule has 2 aromatic carbocycles. The van der Waals surface area contributed by atoms with Crippen LogP contribution < -0.4 is 10.1 Å². The first-order valence-electron chi connectivity index (χ1n) is 6.15. The van der Waals surface area contributed by atoms with E-state index in [0.29, 0.717) is 23.4 Å². The molecular weight excluding hydrogens is 252 g/mol. The molecule has 0 aliphatic rings. The number of anilines is 1. The van der Waals surface area contributed by atoms with Crippen molar-refractivity contribution >= 4 is 11.6 Å². The predicted octanol–water partition coefficient (Wildman–Crippen LogP) is 3.01. The van der Waals surface area contributed by atoms with Gasteiger partial charge in [0.15, 0.2) is 0 Å². The highest BCUT2D eigenvalue weighted by molar-refractivity contribution is 6.05. The molecule has 0 unspecified atom stereocenters. The third kappa shape index (κ3) is 3.15. The van der Waals surface area contributed by atoms with E-state index in [1.54, 1.807) is 43.5 Å². The normalized spacial score (nSPS) is 9.60. The number of benzene rings is 2. The summed E-state index contributed by atoms with van der Waals surface area (Å²) in [6.45, 7) is 0. The van der Waals surface area contributed by atoms with E-state index >= 15 is 0 Å². The van der Waals surface area contributed by atoms with Gasteiger partial charge in [-0.05, 0) is 29.8 Å². The first kappa shape index (κ1) is 13.6. The molecule has 1 N–H and O–H groups in total. The van der Waals surface area contributed by atoms with Gasteiger partial charge < -0.3 is 10.1 Å². The van der Waals surface area contributed by atoms with Crippen molar-refractivity contribution in [3.05, 3.63) is 59.7 Å². The Morgan fingerprint density at radius 3 is 2.55 bits per heavy atom. The summed E-state index contributed by atoms with van der Waals surface area (Å²) in [5.41, 5.74) is 2.06. The monoisotopic (exact) mass is 266 g/mol. The molecule has 1 amide bonds. The largest absolute Gasteiger partial charge is 0.495 e. The number of amides is 1. The van der Waals surface area contributed by atoms with Crippen molar-refractivity contribution in [2.75, 3.05) is 12.4 Å². The summed E-state index contributed by atoms with van der Waals surface area (Å²) in [6.07, 6.45) is 0.342. The third-order valence-corrected chi connectivity index (χ3v) is 2.85. The number of hydrogen-bond donors (Lipinski definition) is 1. The highest BCUT2D eigenvalue weighted by atomic mass is 16.5. The molecule has 0 fully saturated rings. The number of nitriles is 1. The second-order valence-electron chi connectivity index (χ2n) is 4.19. The number of rotatable bonds is 4. The van der Waals surface area contributed by atoms with Gasteiger partial charge in [0.05, 0.1) is 25.3 Å². The van der Waals surface area contributed by atoms with Crippen LogP contribution in [0, 0.1) is 11.3 Å². The van der Waals surface area contributed by atoms with Crippen LogP contribution in [0.4, 0.5) is 5.69 Å². The van der Waals surface area contributed by atoms with Gasteiger partial charge in [0.1, 0.15) is 5.75 Å². The van der Waals surface area contributed by atoms with Crippen LogP contribution in [0.1, 0.15) is 15.9 Å². The highest BCUT2D eigenvalue weighted by Gasteiger charge is 2.09. The molecule has 0 aromatic heterocycles. The lowest BCUT2D eigenvalue weighted by molar-refractivity contribution is 0.102. The van der Waals surface area contributed by atoms with Gasteiger partial charge in [0, 0.05) is 5.56 Å². The number of methoxy groups -OCH3 is 1. The maximum atomic E-state index is 12.1. The molecule has 0 aliphatic heterocycles. The Labute approximate surface area is 117 Å². The molecule has 0 radical (unpaired) electrons. The van der Waals surface area contributed by atoms with Gasteiger partial charge in [0.2, 0.25) is 0 Å². The number of hydrogen-bond acceptors (Lipinski definition) is 3. The third-order valence-electron chi connectivity index (χ3n) is 2.85. The van der Waals surface area contributed by atoms with E-state index in [1.807, 2.05) is 12.1 Å². The molecule has 4 nitrogen and oxygen atoms in total. The summed E-state index contributed by atoms with van der Waals surface area (Å²) in [4.78, 5) is 12.1. The minimum atomic E-state index is -0.210. The van der Waals surface area contributed by atoms with Gasteiger partial charge >= 0.3 is 0 Å². The molecular formula is C16H14N2O2. The lowest BCUT2D eigenvalue weighted by atomic mass is 10.1. The molecule has 0 saturated carbocycles. The average Bonchev–Trinajstić information content (AvgIpc) is 2.49. The molecule has 0 atom stereocenters. The fraction of sp³-hybridized carbons (Fsp3) is 0.125. The van der Waals surface area contributed by atoms with Crippen molar-refractivity contribution in [2.45, 2.75) is 6.42 Å². The number of para-hydroxylation sites is 2. The van der Waals surface area contributed by atoms with E-state index in [9.17, 15) is 4.79 Å². The zero-order chi connectivity index (χ0) is 14.4. The Hall–Kier alpha value is -2.80. The number of carbonyl (C=O) groups excluding carboxylic acids is 1. The Morgan fingerprint density at radius 2 is 1.90 bits per heavy atom. The average molecular weight is 266 g/mol. The zero-order valence-corrected chi connectivity index (χ0v) is 11.1. The van der Waals surface area contributed by atoms with Crippen molar-refractivity contribution in [2.24, 2.45) is 0 Å². The van der Waals surface area contributed by atoms with Crippen LogP contribution in [-0.4, -0.2) is 13.0 Å². The van der Waals surface area contributed by atoms with E-state index < -0.39 is 0 Å². The van der Waals surface area contributed by atoms with Crippen LogP contribution >= 0.6 is 0 Å². The number of nitrogens with one attached hydrogen (secondary N) is 1. The maximum absolute atomic E-state index is 12.1. The Kier molecular flexibility index (Phi) is 4.35. The number of carbonyl (C=O) groups is 1. The molecule has 0 aliphatic carbocycles. The fourth-order valence-electron chi connectivity index (χ4n) is 1.81. The first-order chi connectivity index (χ1) is 9.74. The summed E-state index contributed by atoms with van der Waals surface area (Å²) in [5.74, 6) is 0.403. The smallest absolute Gasteiger partial charge is 0.255 e. The number of nitrogens with zero attached hydrogens (tertiary/aromatic N) is 1. The first-order valence-corrected chi connectivity index (χ1v) is 6.15. The Balaban J connectivity index is 2.14. The summed E-state index contributed by atoms with van der Waals surface area (Å²) in [6, 6.07) is 16.3. The standard InChI is InChI=1S/C16H14N2O2/c1-20-15-5-3-2-4-14(15)18-16(19)13-8-6-12(7-9-13)10-11-17/h2-9H,10H2,1H3,(H,18,19). The van der Waals surface area contributed by atoms with Gasteiger partial charge in [0.25, 0.3) is 5.91 Å². The van der Waals surface area contributed by atoms with E-state index in [2.05, 4.69) is 11.4 Å². The molecule has 2 aromatic rings. The van der Waals surface area contributed by atoms with Crippen LogP contribution in [0.2, 0.25) is 0 Å². The molecule has 20 heavy (non-hydrogen) atoms. The lowest BCUT2D eigenvalue weighted by Crippen LogP contribution is -2.12. The highest BCUT2D eigenvalue weighted by Crippen LogP contribution is 2.23. The molecule has 0 saturated heterocycles. The molecule has 0 heterocycles. The fourth-order valence-corrected chi connectivity index (χ4v) is 1.81. The van der Waals surface area contributed by atoms with Gasteiger partial charge in [-0.15, -0.1) is 0 Å². The van der Waals surface area contributed by atoms with Crippen LogP contribution in [0.25, 0.3) is 0 Å². The predicted molar refractivity (Wildman–Crippen MR) is 76.7 cm³/mol. The van der Waals surface area contributed by atoms with Crippen molar-refractivity contribution in [3.8, 4) is 11.8 Å². The molecule has 2 rings (SSSR count). The van der Waals surface area contributed by atoms with Gasteiger partial charge in [-0.3, -0.25) is 4.79 Å². The Bertz CT molecular complexity index is 642. The maximum Gasteiger partial charge on any atom is 0.255 e. The van der Waals surface area contributed by atoms with Gasteiger partial charge in [-0.2, -0.15) is 5.26 Å². The summed E-state index contributed by atoms with van der Waals surface area (Å²) in [7, 11) is 1.56. The van der Waals surface area contributed by atoms with E-state index in [0.717, 1.165) is 5.56 Å². The van der Waals surface area contributed by atoms with Crippen molar-refractivity contribution in [1.29, 1.82) is 5.26 Å². The van der Waals surface area contributed by atoms with Gasteiger partial charge in [-0.25, -0.2) is 0 Å².